The molecule has 2 aliphatic heterocycles. The number of fused-ring (bicyclic) bond motifs is 1. The van der Waals surface area contributed by atoms with Gasteiger partial charge in [0.1, 0.15) is 5.78 Å². The smallest absolute Gasteiger partial charge is 0.315 e. The number of ether oxygens (including phenoxy) is 1. The average molecular weight is 430 g/mol. The first-order valence-electron chi connectivity index (χ1n) is 10.5. The summed E-state index contributed by atoms with van der Waals surface area (Å²) in [5.41, 5.74) is -0.918. The molecule has 3 atom stereocenters. The average Bonchev–Trinajstić information content (AvgIpc) is 3.18. The van der Waals surface area contributed by atoms with E-state index in [1.807, 2.05) is 11.8 Å². The highest BCUT2D eigenvalue weighted by Crippen LogP contribution is 2.33. The third-order valence-corrected chi connectivity index (χ3v) is 6.58. The van der Waals surface area contributed by atoms with Gasteiger partial charge in [-0.05, 0) is 33.1 Å². The number of aliphatic hydroxyl groups is 1. The molecular formula is C20H35N3O5S. The van der Waals surface area contributed by atoms with Crippen molar-refractivity contribution in [2.75, 3.05) is 25.5 Å². The lowest BCUT2D eigenvalue weighted by molar-refractivity contribution is -0.123. The van der Waals surface area contributed by atoms with Crippen LogP contribution < -0.4 is 16.0 Å². The van der Waals surface area contributed by atoms with Crippen LogP contribution >= 0.6 is 11.8 Å². The van der Waals surface area contributed by atoms with Crippen molar-refractivity contribution in [3.05, 3.63) is 0 Å². The zero-order valence-corrected chi connectivity index (χ0v) is 18.3. The normalized spacial score (nSPS) is 23.4. The molecule has 2 saturated heterocycles. The summed E-state index contributed by atoms with van der Waals surface area (Å²) in [4.78, 5) is 34.9. The number of urea groups is 1. The van der Waals surface area contributed by atoms with Crippen molar-refractivity contribution < 1.29 is 24.2 Å². The van der Waals surface area contributed by atoms with Gasteiger partial charge in [0.2, 0.25) is 5.91 Å². The molecule has 166 valence electrons. The van der Waals surface area contributed by atoms with E-state index in [-0.39, 0.29) is 42.8 Å². The van der Waals surface area contributed by atoms with Crippen molar-refractivity contribution in [1.29, 1.82) is 0 Å². The van der Waals surface area contributed by atoms with Crippen molar-refractivity contribution in [3.8, 4) is 0 Å². The van der Waals surface area contributed by atoms with Gasteiger partial charge in [0.25, 0.3) is 0 Å². The van der Waals surface area contributed by atoms with E-state index in [1.165, 1.54) is 0 Å². The Morgan fingerprint density at radius 1 is 1.17 bits per heavy atom. The molecule has 0 aromatic rings. The van der Waals surface area contributed by atoms with Gasteiger partial charge in [0.05, 0.1) is 24.3 Å². The van der Waals surface area contributed by atoms with Crippen LogP contribution in [0.1, 0.15) is 58.8 Å². The Bertz CT molecular complexity index is 567. The molecule has 0 radical (unpaired) electrons. The van der Waals surface area contributed by atoms with Crippen molar-refractivity contribution in [1.82, 2.24) is 16.0 Å². The molecule has 0 unspecified atom stereocenters. The fourth-order valence-corrected chi connectivity index (χ4v) is 5.02. The van der Waals surface area contributed by atoms with Gasteiger partial charge in [-0.1, -0.05) is 6.42 Å². The van der Waals surface area contributed by atoms with Crippen LogP contribution in [-0.2, 0) is 14.3 Å². The number of nitrogens with one attached hydrogen (secondary N) is 3. The summed E-state index contributed by atoms with van der Waals surface area (Å²) in [6, 6.07) is 0.432. The number of carbonyl (C=O) groups excluding carboxylic acids is 3. The van der Waals surface area contributed by atoms with E-state index < -0.39 is 5.60 Å². The molecule has 9 heteroatoms. The van der Waals surface area contributed by atoms with Gasteiger partial charge in [-0.15, -0.1) is 0 Å². The van der Waals surface area contributed by atoms with Crippen molar-refractivity contribution in [3.63, 3.8) is 0 Å². The van der Waals surface area contributed by atoms with E-state index in [9.17, 15) is 19.5 Å². The molecule has 4 N–H and O–H groups in total. The van der Waals surface area contributed by atoms with E-state index in [2.05, 4.69) is 16.0 Å². The second-order valence-corrected chi connectivity index (χ2v) is 9.73. The molecule has 0 aromatic carbocycles. The van der Waals surface area contributed by atoms with Crippen LogP contribution in [0.25, 0.3) is 0 Å². The van der Waals surface area contributed by atoms with E-state index in [0.29, 0.717) is 37.7 Å². The van der Waals surface area contributed by atoms with Crippen LogP contribution in [0.2, 0.25) is 0 Å². The minimum Gasteiger partial charge on any atom is -0.389 e. The monoisotopic (exact) mass is 429 g/mol. The molecule has 0 saturated carbocycles. The molecule has 2 heterocycles. The van der Waals surface area contributed by atoms with E-state index in [1.54, 1.807) is 13.8 Å². The molecule has 8 nitrogen and oxygen atoms in total. The summed E-state index contributed by atoms with van der Waals surface area (Å²) in [5, 5.41) is 18.6. The van der Waals surface area contributed by atoms with Crippen molar-refractivity contribution >= 4 is 29.5 Å². The van der Waals surface area contributed by atoms with Crippen molar-refractivity contribution in [2.24, 2.45) is 0 Å². The maximum atomic E-state index is 12.0. The highest BCUT2D eigenvalue weighted by atomic mass is 32.2. The Labute approximate surface area is 177 Å². The van der Waals surface area contributed by atoms with Crippen LogP contribution in [0.3, 0.4) is 0 Å². The topological polar surface area (TPSA) is 117 Å². The van der Waals surface area contributed by atoms with Gasteiger partial charge in [-0.2, -0.15) is 11.8 Å². The molecule has 0 bridgehead atoms. The minimum atomic E-state index is -0.918. The third-order valence-electron chi connectivity index (χ3n) is 5.07. The molecule has 0 spiro atoms. The molecule has 2 fully saturated rings. The van der Waals surface area contributed by atoms with Gasteiger partial charge in [-0.25, -0.2) is 4.79 Å². The number of ketones is 1. The fourth-order valence-electron chi connectivity index (χ4n) is 3.48. The molecule has 2 aliphatic rings. The Morgan fingerprint density at radius 3 is 2.69 bits per heavy atom. The predicted molar refractivity (Wildman–Crippen MR) is 113 cm³/mol. The number of amides is 3. The van der Waals surface area contributed by atoms with E-state index >= 15 is 0 Å². The number of carbonyl (C=O) groups is 3. The standard InChI is InChI=1S/C20H35N3O5S/c1-20(2,27)13-21-17(25)9-11-28-10-5-7-14(24)6-3-4-8-16-18-15(12-29-16)22-19(26)23-18/h15-16,18,27H,3-13H2,1-2H3,(H,21,25)(H2,22,23,26)/t15-,16-,18-/m0/s1. The minimum absolute atomic E-state index is 0.0579. The van der Waals surface area contributed by atoms with E-state index in [0.717, 1.165) is 25.0 Å². The van der Waals surface area contributed by atoms with Crippen LogP contribution in [0, 0.1) is 0 Å². The van der Waals surface area contributed by atoms with Gasteiger partial charge < -0.3 is 25.8 Å². The summed E-state index contributed by atoms with van der Waals surface area (Å²) in [6.45, 7) is 4.27. The number of rotatable bonds is 14. The maximum absolute atomic E-state index is 12.0. The molecule has 2 rings (SSSR count). The molecule has 0 aromatic heterocycles. The van der Waals surface area contributed by atoms with E-state index in [4.69, 9.17) is 4.74 Å². The highest BCUT2D eigenvalue weighted by Gasteiger charge is 2.42. The largest absolute Gasteiger partial charge is 0.389 e. The second kappa shape index (κ2) is 11.8. The maximum Gasteiger partial charge on any atom is 0.315 e. The van der Waals surface area contributed by atoms with Crippen LogP contribution in [0.5, 0.6) is 0 Å². The Kier molecular flexibility index (Phi) is 9.71. The van der Waals surface area contributed by atoms with Gasteiger partial charge >= 0.3 is 6.03 Å². The molecule has 3 amide bonds. The zero-order chi connectivity index (χ0) is 21.3. The SMILES string of the molecule is CC(C)(O)CNC(=O)CCOCCCC(=O)CCCC[C@@H]1SC[C@@H]2NC(=O)N[C@@H]21. The van der Waals surface area contributed by atoms with Crippen LogP contribution in [0.15, 0.2) is 0 Å². The summed E-state index contributed by atoms with van der Waals surface area (Å²) in [6.07, 6.45) is 4.93. The second-order valence-electron chi connectivity index (χ2n) is 8.46. The van der Waals surface area contributed by atoms with Gasteiger partial charge in [0, 0.05) is 43.4 Å². The lowest BCUT2D eigenvalue weighted by atomic mass is 10.0. The van der Waals surface area contributed by atoms with Gasteiger partial charge in [0.15, 0.2) is 0 Å². The first kappa shape index (κ1) is 24.0. The quantitative estimate of drug-likeness (QED) is 0.245. The first-order valence-corrected chi connectivity index (χ1v) is 11.6. The Morgan fingerprint density at radius 2 is 1.93 bits per heavy atom. The van der Waals surface area contributed by atoms with Crippen LogP contribution in [-0.4, -0.2) is 71.3 Å². The predicted octanol–water partition coefficient (Wildman–Crippen LogP) is 1.36. The summed E-state index contributed by atoms with van der Waals surface area (Å²) >= 11 is 1.90. The Balaban J connectivity index is 1.41. The summed E-state index contributed by atoms with van der Waals surface area (Å²) in [5.74, 6) is 1.07. The zero-order valence-electron chi connectivity index (χ0n) is 17.5. The third kappa shape index (κ3) is 9.35. The van der Waals surface area contributed by atoms with Crippen molar-refractivity contribution in [2.45, 2.75) is 81.7 Å². The Hall–Kier alpha value is -1.32. The van der Waals surface area contributed by atoms with Gasteiger partial charge in [-0.3, -0.25) is 9.59 Å². The highest BCUT2D eigenvalue weighted by molar-refractivity contribution is 8.00. The van der Waals surface area contributed by atoms with Crippen LogP contribution in [0.4, 0.5) is 4.79 Å². The molecular weight excluding hydrogens is 394 g/mol. The fraction of sp³-hybridized carbons (Fsp3) is 0.850. The molecule has 0 aliphatic carbocycles. The number of hydrogen-bond donors (Lipinski definition) is 4. The summed E-state index contributed by atoms with van der Waals surface area (Å²) in [7, 11) is 0. The number of Topliss-reactive ketones (excluding diaryl/α,β-unsaturated/α-hetero) is 1. The first-order chi connectivity index (χ1) is 13.7. The number of hydrogen-bond acceptors (Lipinski definition) is 6. The lowest BCUT2D eigenvalue weighted by Gasteiger charge is -2.17. The number of unbranched alkanes of at least 4 members (excludes halogenated alkanes) is 1. The summed E-state index contributed by atoms with van der Waals surface area (Å²) < 4.78 is 5.41. The lowest BCUT2D eigenvalue weighted by Crippen LogP contribution is -2.38. The number of thioether (sulfide) groups is 1. The molecule has 29 heavy (non-hydrogen) atoms.